The fourth-order valence-corrected chi connectivity index (χ4v) is 2.21. The molecular formula is C15H13N3O3. The van der Waals surface area contributed by atoms with E-state index in [2.05, 4.69) is 4.98 Å². The number of fused-ring (bicyclic) bond motifs is 1. The van der Waals surface area contributed by atoms with Gasteiger partial charge in [-0.25, -0.2) is 9.36 Å². The predicted octanol–water partition coefficient (Wildman–Crippen LogP) is 1.61. The summed E-state index contributed by atoms with van der Waals surface area (Å²) in [5.41, 5.74) is 7.08. The van der Waals surface area contributed by atoms with E-state index in [9.17, 15) is 9.59 Å². The van der Waals surface area contributed by atoms with Crippen molar-refractivity contribution < 1.29 is 9.53 Å². The third-order valence-electron chi connectivity index (χ3n) is 3.23. The maximum atomic E-state index is 12.6. The van der Waals surface area contributed by atoms with Gasteiger partial charge < -0.3 is 15.5 Å². The number of nitrogens with one attached hydrogen (secondary N) is 1. The van der Waals surface area contributed by atoms with Crippen LogP contribution in [0.3, 0.4) is 0 Å². The van der Waals surface area contributed by atoms with Crippen molar-refractivity contribution in [2.45, 2.75) is 0 Å². The second kappa shape index (κ2) is 4.82. The zero-order valence-corrected chi connectivity index (χ0v) is 11.3. The van der Waals surface area contributed by atoms with Gasteiger partial charge in [0.15, 0.2) is 0 Å². The molecule has 0 aliphatic heterocycles. The van der Waals surface area contributed by atoms with E-state index in [1.165, 1.54) is 7.11 Å². The Labute approximate surface area is 119 Å². The molecule has 6 nitrogen and oxygen atoms in total. The number of carbonyl (C=O) groups is 1. The highest BCUT2D eigenvalue weighted by atomic mass is 16.5. The molecule has 3 aromatic rings. The molecule has 0 bridgehead atoms. The molecule has 2 aromatic carbocycles. The molecule has 0 aliphatic carbocycles. The van der Waals surface area contributed by atoms with Crippen LogP contribution in [-0.4, -0.2) is 22.6 Å². The molecule has 0 unspecified atom stereocenters. The minimum absolute atomic E-state index is 0.361. The Morgan fingerprint density at radius 2 is 2.05 bits per heavy atom. The molecule has 1 aromatic heterocycles. The van der Waals surface area contributed by atoms with E-state index in [-0.39, 0.29) is 0 Å². The predicted molar refractivity (Wildman–Crippen MR) is 79.7 cm³/mol. The van der Waals surface area contributed by atoms with E-state index >= 15 is 0 Å². The number of carbonyl (C=O) groups excluding carboxylic acids is 1. The number of aromatic nitrogens is 2. The van der Waals surface area contributed by atoms with E-state index in [0.717, 1.165) is 4.57 Å². The lowest BCUT2D eigenvalue weighted by molar-refractivity contribution is 0.0960. The van der Waals surface area contributed by atoms with Gasteiger partial charge in [-0.15, -0.1) is 0 Å². The van der Waals surface area contributed by atoms with Gasteiger partial charge in [-0.3, -0.25) is 4.79 Å². The lowest BCUT2D eigenvalue weighted by atomic mass is 10.2. The van der Waals surface area contributed by atoms with Gasteiger partial charge in [0.25, 0.3) is 5.91 Å². The average molecular weight is 283 g/mol. The highest BCUT2D eigenvalue weighted by molar-refractivity contribution is 6.01. The Kier molecular flexibility index (Phi) is 2.98. The van der Waals surface area contributed by atoms with Gasteiger partial charge in [-0.05, 0) is 36.4 Å². The van der Waals surface area contributed by atoms with Crippen LogP contribution in [-0.2, 0) is 0 Å². The molecule has 21 heavy (non-hydrogen) atoms. The Balaban J connectivity index is 2.19. The number of H-pyrrole nitrogens is 1. The number of benzene rings is 2. The van der Waals surface area contributed by atoms with E-state index < -0.39 is 11.6 Å². The van der Waals surface area contributed by atoms with Crippen LogP contribution in [0.5, 0.6) is 5.75 Å². The van der Waals surface area contributed by atoms with Crippen molar-refractivity contribution in [3.63, 3.8) is 0 Å². The summed E-state index contributed by atoms with van der Waals surface area (Å²) in [5.74, 6) is 0.115. The number of methoxy groups -OCH3 is 1. The Morgan fingerprint density at radius 1 is 1.24 bits per heavy atom. The molecule has 3 N–H and O–H groups in total. The third kappa shape index (κ3) is 2.16. The maximum absolute atomic E-state index is 12.6. The molecule has 0 fully saturated rings. The smallest absolute Gasteiger partial charge is 0.333 e. The monoisotopic (exact) mass is 283 g/mol. The number of nitrogen functional groups attached to an aromatic ring is 1. The standard InChI is InChI=1S/C15H13N3O3/c1-21-11-4-2-3-9(7-11)14(19)18-13-8-10(16)5-6-12(13)17-15(18)20/h2-8H,16H2,1H3,(H,17,20). The maximum Gasteiger partial charge on any atom is 0.333 e. The van der Waals surface area contributed by atoms with E-state index in [1.54, 1.807) is 42.5 Å². The summed E-state index contributed by atoms with van der Waals surface area (Å²) in [6.45, 7) is 0. The van der Waals surface area contributed by atoms with Crippen molar-refractivity contribution in [2.24, 2.45) is 0 Å². The summed E-state index contributed by atoms with van der Waals surface area (Å²) >= 11 is 0. The number of nitrogens with two attached hydrogens (primary N) is 1. The second-order valence-corrected chi connectivity index (χ2v) is 4.58. The normalized spacial score (nSPS) is 10.7. The van der Waals surface area contributed by atoms with Gasteiger partial charge in [-0.2, -0.15) is 0 Å². The van der Waals surface area contributed by atoms with Gasteiger partial charge in [0.05, 0.1) is 18.1 Å². The van der Waals surface area contributed by atoms with Gasteiger partial charge in [0, 0.05) is 11.3 Å². The summed E-state index contributed by atoms with van der Waals surface area (Å²) < 4.78 is 6.16. The number of anilines is 1. The van der Waals surface area contributed by atoms with Crippen LogP contribution in [0.25, 0.3) is 11.0 Å². The Hall–Kier alpha value is -3.02. The van der Waals surface area contributed by atoms with Crippen molar-refractivity contribution in [3.8, 4) is 5.75 Å². The third-order valence-corrected chi connectivity index (χ3v) is 3.23. The molecule has 0 saturated heterocycles. The van der Waals surface area contributed by atoms with Crippen LogP contribution in [0.1, 0.15) is 10.4 Å². The molecule has 6 heteroatoms. The number of hydrogen-bond donors (Lipinski definition) is 2. The first-order valence-corrected chi connectivity index (χ1v) is 6.29. The van der Waals surface area contributed by atoms with Crippen LogP contribution in [0.2, 0.25) is 0 Å². The first-order chi connectivity index (χ1) is 10.1. The summed E-state index contributed by atoms with van der Waals surface area (Å²) in [6, 6.07) is 11.6. The highest BCUT2D eigenvalue weighted by Gasteiger charge is 2.16. The lowest BCUT2D eigenvalue weighted by Gasteiger charge is -2.05. The minimum atomic E-state index is -0.497. The zero-order valence-electron chi connectivity index (χ0n) is 11.3. The molecular weight excluding hydrogens is 270 g/mol. The second-order valence-electron chi connectivity index (χ2n) is 4.58. The van der Waals surface area contributed by atoms with Crippen molar-refractivity contribution in [2.75, 3.05) is 12.8 Å². The molecule has 0 amide bonds. The van der Waals surface area contributed by atoms with E-state index in [4.69, 9.17) is 10.5 Å². The SMILES string of the molecule is COc1cccc(C(=O)n2c(=O)[nH]c3ccc(N)cc32)c1. The summed E-state index contributed by atoms with van der Waals surface area (Å²) in [5, 5.41) is 0. The van der Waals surface area contributed by atoms with Gasteiger partial charge in [0.2, 0.25) is 0 Å². The van der Waals surface area contributed by atoms with Crippen LogP contribution < -0.4 is 16.2 Å². The highest BCUT2D eigenvalue weighted by Crippen LogP contribution is 2.17. The van der Waals surface area contributed by atoms with E-state index in [0.29, 0.717) is 28.0 Å². The van der Waals surface area contributed by atoms with Crippen molar-refractivity contribution >= 4 is 22.6 Å². The van der Waals surface area contributed by atoms with Crippen LogP contribution >= 0.6 is 0 Å². The van der Waals surface area contributed by atoms with Gasteiger partial charge in [-0.1, -0.05) is 6.07 Å². The molecule has 0 saturated carbocycles. The number of hydrogen-bond acceptors (Lipinski definition) is 4. The fraction of sp³-hybridized carbons (Fsp3) is 0.0667. The molecule has 0 atom stereocenters. The number of nitrogens with zero attached hydrogens (tertiary/aromatic N) is 1. The van der Waals surface area contributed by atoms with Crippen LogP contribution in [0, 0.1) is 0 Å². The summed E-state index contributed by atoms with van der Waals surface area (Å²) in [6.07, 6.45) is 0. The first-order valence-electron chi connectivity index (χ1n) is 6.29. The topological polar surface area (TPSA) is 90.1 Å². The van der Waals surface area contributed by atoms with Crippen molar-refractivity contribution in [3.05, 3.63) is 58.5 Å². The van der Waals surface area contributed by atoms with Gasteiger partial charge in [0.1, 0.15) is 5.75 Å². The van der Waals surface area contributed by atoms with E-state index in [1.807, 2.05) is 0 Å². The van der Waals surface area contributed by atoms with Crippen LogP contribution in [0.4, 0.5) is 5.69 Å². The molecule has 0 aliphatic rings. The minimum Gasteiger partial charge on any atom is -0.497 e. The first kappa shape index (κ1) is 13.0. The summed E-state index contributed by atoms with van der Waals surface area (Å²) in [4.78, 5) is 27.2. The Morgan fingerprint density at radius 3 is 2.81 bits per heavy atom. The molecule has 0 spiro atoms. The van der Waals surface area contributed by atoms with Crippen molar-refractivity contribution in [1.29, 1.82) is 0 Å². The largest absolute Gasteiger partial charge is 0.497 e. The number of ether oxygens (including phenoxy) is 1. The van der Waals surface area contributed by atoms with Crippen LogP contribution in [0.15, 0.2) is 47.3 Å². The number of rotatable bonds is 2. The Bertz CT molecular complexity index is 893. The fourth-order valence-electron chi connectivity index (χ4n) is 2.21. The summed E-state index contributed by atoms with van der Waals surface area (Å²) in [7, 11) is 1.52. The molecule has 106 valence electrons. The quantitative estimate of drug-likeness (QED) is 0.699. The zero-order chi connectivity index (χ0) is 15.0. The lowest BCUT2D eigenvalue weighted by Crippen LogP contribution is -2.24. The van der Waals surface area contributed by atoms with Gasteiger partial charge >= 0.3 is 5.69 Å². The number of aromatic amines is 1. The molecule has 0 radical (unpaired) electrons. The number of imidazole rings is 1. The van der Waals surface area contributed by atoms with Crippen molar-refractivity contribution in [1.82, 2.24) is 9.55 Å². The average Bonchev–Trinajstić information content (AvgIpc) is 2.81. The molecule has 3 rings (SSSR count). The molecule has 1 heterocycles.